The Kier molecular flexibility index (Phi) is 13.1. The molecule has 1 unspecified atom stereocenters. The average molecular weight is 175 g/mol. The molecular formula is C10H25NO. The summed E-state index contributed by atoms with van der Waals surface area (Å²) >= 11 is 0. The van der Waals surface area contributed by atoms with Crippen LogP contribution < -0.4 is 0 Å². The van der Waals surface area contributed by atoms with Crippen molar-refractivity contribution < 1.29 is 5.11 Å². The normalized spacial score (nSPS) is 23.0. The van der Waals surface area contributed by atoms with Crippen molar-refractivity contribution in [2.24, 2.45) is 5.92 Å². The maximum Gasteiger partial charge on any atom is 0.0319 e. The Morgan fingerprint density at radius 3 is 2.00 bits per heavy atom. The van der Waals surface area contributed by atoms with Crippen LogP contribution in [0, 0.1) is 5.92 Å². The third kappa shape index (κ3) is 8.02. The maximum atomic E-state index is 7.00. The first-order chi connectivity index (χ1) is 5.79. The van der Waals surface area contributed by atoms with Crippen molar-refractivity contribution in [3.63, 3.8) is 0 Å². The van der Waals surface area contributed by atoms with Gasteiger partial charge in [0, 0.05) is 13.7 Å². The topological polar surface area (TPSA) is 23.5 Å². The SMILES string of the molecule is CC.CC1CCCN(C)C1.CO. The van der Waals surface area contributed by atoms with Crippen molar-refractivity contribution in [1.29, 1.82) is 0 Å². The molecule has 0 aliphatic carbocycles. The van der Waals surface area contributed by atoms with Crippen molar-refractivity contribution in [2.75, 3.05) is 27.2 Å². The van der Waals surface area contributed by atoms with Gasteiger partial charge in [-0.25, -0.2) is 0 Å². The van der Waals surface area contributed by atoms with Gasteiger partial charge in [0.15, 0.2) is 0 Å². The molecule has 0 aromatic heterocycles. The molecule has 0 amide bonds. The van der Waals surface area contributed by atoms with Crippen LogP contribution in [-0.2, 0) is 0 Å². The molecular weight excluding hydrogens is 150 g/mol. The number of aliphatic hydroxyl groups is 1. The number of nitrogens with zero attached hydrogens (tertiary/aromatic N) is 1. The Bertz CT molecular complexity index is 68.2. The van der Waals surface area contributed by atoms with E-state index in [2.05, 4.69) is 18.9 Å². The molecule has 12 heavy (non-hydrogen) atoms. The second-order valence-corrected chi connectivity index (χ2v) is 3.01. The highest BCUT2D eigenvalue weighted by atomic mass is 16.2. The van der Waals surface area contributed by atoms with Gasteiger partial charge in [0.05, 0.1) is 0 Å². The quantitative estimate of drug-likeness (QED) is 0.608. The molecule has 2 heteroatoms. The van der Waals surface area contributed by atoms with Gasteiger partial charge < -0.3 is 10.0 Å². The summed E-state index contributed by atoms with van der Waals surface area (Å²) in [4.78, 5) is 2.41. The van der Waals surface area contributed by atoms with Crippen LogP contribution in [0.1, 0.15) is 33.6 Å². The van der Waals surface area contributed by atoms with Crippen molar-refractivity contribution >= 4 is 0 Å². The Hall–Kier alpha value is -0.0800. The summed E-state index contributed by atoms with van der Waals surface area (Å²) in [5.74, 6) is 0.939. The van der Waals surface area contributed by atoms with Crippen LogP contribution in [0.2, 0.25) is 0 Å². The molecule has 1 saturated heterocycles. The Labute approximate surface area is 77.6 Å². The first-order valence-electron chi connectivity index (χ1n) is 4.92. The van der Waals surface area contributed by atoms with E-state index in [4.69, 9.17) is 5.11 Å². The lowest BCUT2D eigenvalue weighted by Gasteiger charge is -2.26. The standard InChI is InChI=1S/C7H15N.C2H6.CH4O/c1-7-4-3-5-8(2)6-7;2*1-2/h7H,3-6H2,1-2H3;1-2H3;2H,1H3. The Morgan fingerprint density at radius 2 is 1.75 bits per heavy atom. The summed E-state index contributed by atoms with van der Waals surface area (Å²) in [5.41, 5.74) is 0. The van der Waals surface area contributed by atoms with Crippen LogP contribution in [0.25, 0.3) is 0 Å². The van der Waals surface area contributed by atoms with Crippen LogP contribution in [0.15, 0.2) is 0 Å². The van der Waals surface area contributed by atoms with Gasteiger partial charge >= 0.3 is 0 Å². The predicted molar refractivity (Wildman–Crippen MR) is 55.4 cm³/mol. The number of hydrogen-bond acceptors (Lipinski definition) is 2. The largest absolute Gasteiger partial charge is 0.400 e. The van der Waals surface area contributed by atoms with E-state index >= 15 is 0 Å². The fourth-order valence-electron chi connectivity index (χ4n) is 1.42. The molecule has 0 bridgehead atoms. The fraction of sp³-hybridized carbons (Fsp3) is 1.00. The molecule has 1 fully saturated rings. The molecule has 0 aromatic carbocycles. The van der Waals surface area contributed by atoms with Crippen molar-refractivity contribution in [1.82, 2.24) is 4.90 Å². The third-order valence-electron chi connectivity index (χ3n) is 1.86. The first-order valence-corrected chi connectivity index (χ1v) is 4.92. The third-order valence-corrected chi connectivity index (χ3v) is 1.86. The highest BCUT2D eigenvalue weighted by molar-refractivity contribution is 4.65. The van der Waals surface area contributed by atoms with Crippen LogP contribution in [0.5, 0.6) is 0 Å². The van der Waals surface area contributed by atoms with Crippen molar-refractivity contribution in [3.8, 4) is 0 Å². The lowest BCUT2D eigenvalue weighted by atomic mass is 10.0. The van der Waals surface area contributed by atoms with Gasteiger partial charge in [-0.2, -0.15) is 0 Å². The van der Waals surface area contributed by atoms with E-state index < -0.39 is 0 Å². The van der Waals surface area contributed by atoms with E-state index in [-0.39, 0.29) is 0 Å². The molecule has 0 aromatic rings. The van der Waals surface area contributed by atoms with Crippen molar-refractivity contribution in [2.45, 2.75) is 33.6 Å². The summed E-state index contributed by atoms with van der Waals surface area (Å²) in [7, 11) is 3.20. The first kappa shape index (κ1) is 14.4. The molecule has 0 radical (unpaired) electrons. The summed E-state index contributed by atoms with van der Waals surface area (Å²) in [6.45, 7) is 8.94. The lowest BCUT2D eigenvalue weighted by molar-refractivity contribution is 0.221. The second kappa shape index (κ2) is 10.9. The van der Waals surface area contributed by atoms with Gasteiger partial charge in [-0.1, -0.05) is 20.8 Å². The molecule has 0 saturated carbocycles. The zero-order valence-electron chi connectivity index (χ0n) is 9.30. The Balaban J connectivity index is 0. The fourth-order valence-corrected chi connectivity index (χ4v) is 1.42. The summed E-state index contributed by atoms with van der Waals surface area (Å²) in [6.07, 6.45) is 2.84. The van der Waals surface area contributed by atoms with E-state index in [1.54, 1.807) is 0 Å². The molecule has 1 rings (SSSR count). The number of likely N-dealkylation sites (tertiary alicyclic amines) is 1. The van der Waals surface area contributed by atoms with E-state index in [9.17, 15) is 0 Å². The molecule has 0 spiro atoms. The van der Waals surface area contributed by atoms with E-state index in [0.717, 1.165) is 13.0 Å². The maximum absolute atomic E-state index is 7.00. The second-order valence-electron chi connectivity index (χ2n) is 3.01. The van der Waals surface area contributed by atoms with E-state index in [0.29, 0.717) is 0 Å². The van der Waals surface area contributed by atoms with Gasteiger partial charge in [0.2, 0.25) is 0 Å². The minimum absolute atomic E-state index is 0.939. The van der Waals surface area contributed by atoms with Crippen LogP contribution in [0.3, 0.4) is 0 Å². The zero-order valence-corrected chi connectivity index (χ0v) is 9.30. The molecule has 76 valence electrons. The number of hydrogen-bond donors (Lipinski definition) is 1. The lowest BCUT2D eigenvalue weighted by Crippen LogP contribution is -2.30. The van der Waals surface area contributed by atoms with Gasteiger partial charge in [-0.05, 0) is 32.4 Å². The molecule has 2 nitrogen and oxygen atoms in total. The molecule has 1 aliphatic rings. The number of rotatable bonds is 0. The summed E-state index contributed by atoms with van der Waals surface area (Å²) in [5, 5.41) is 7.00. The number of aliphatic hydroxyl groups excluding tert-OH is 1. The molecule has 1 atom stereocenters. The highest BCUT2D eigenvalue weighted by Gasteiger charge is 2.11. The summed E-state index contributed by atoms with van der Waals surface area (Å²) < 4.78 is 0. The molecule has 1 aliphatic heterocycles. The summed E-state index contributed by atoms with van der Waals surface area (Å²) in [6, 6.07) is 0. The van der Waals surface area contributed by atoms with Gasteiger partial charge in [0.25, 0.3) is 0 Å². The molecule has 1 heterocycles. The van der Waals surface area contributed by atoms with Crippen LogP contribution in [-0.4, -0.2) is 37.3 Å². The predicted octanol–water partition coefficient (Wildman–Crippen LogP) is 1.98. The van der Waals surface area contributed by atoms with E-state index in [1.807, 2.05) is 13.8 Å². The minimum Gasteiger partial charge on any atom is -0.400 e. The van der Waals surface area contributed by atoms with Gasteiger partial charge in [0.1, 0.15) is 0 Å². The highest BCUT2D eigenvalue weighted by Crippen LogP contribution is 2.12. The van der Waals surface area contributed by atoms with Gasteiger partial charge in [-0.15, -0.1) is 0 Å². The average Bonchev–Trinajstić information content (AvgIpc) is 2.11. The number of piperidine rings is 1. The zero-order chi connectivity index (χ0) is 9.98. The van der Waals surface area contributed by atoms with Crippen LogP contribution >= 0.6 is 0 Å². The monoisotopic (exact) mass is 175 g/mol. The van der Waals surface area contributed by atoms with Crippen molar-refractivity contribution in [3.05, 3.63) is 0 Å². The van der Waals surface area contributed by atoms with E-state index in [1.165, 1.54) is 25.9 Å². The van der Waals surface area contributed by atoms with Gasteiger partial charge in [-0.3, -0.25) is 0 Å². The minimum atomic E-state index is 0.939. The Morgan fingerprint density at radius 1 is 1.25 bits per heavy atom. The molecule has 1 N–H and O–H groups in total. The van der Waals surface area contributed by atoms with Crippen LogP contribution in [0.4, 0.5) is 0 Å². The smallest absolute Gasteiger partial charge is 0.0319 e.